The molecule has 0 fully saturated rings. The van der Waals surface area contributed by atoms with E-state index in [-0.39, 0.29) is 5.78 Å². The van der Waals surface area contributed by atoms with E-state index in [0.717, 1.165) is 0 Å². The number of aromatic nitrogens is 2. The lowest BCUT2D eigenvalue weighted by atomic mass is 10.1. The van der Waals surface area contributed by atoms with Crippen molar-refractivity contribution in [2.75, 3.05) is 0 Å². The molecular formula is C17H8Cl3N3O. The first-order valence-corrected chi connectivity index (χ1v) is 7.87. The number of hydrogen-bond donors (Lipinski definition) is 0. The molecular weight excluding hydrogens is 369 g/mol. The smallest absolute Gasteiger partial charge is 0.211 e. The van der Waals surface area contributed by atoms with Crippen LogP contribution in [0.1, 0.15) is 21.6 Å². The number of halogens is 3. The Balaban J connectivity index is 2.04. The molecule has 0 saturated heterocycles. The van der Waals surface area contributed by atoms with Gasteiger partial charge in [0.1, 0.15) is 11.8 Å². The van der Waals surface area contributed by atoms with Crippen LogP contribution in [-0.2, 0) is 0 Å². The van der Waals surface area contributed by atoms with Crippen LogP contribution >= 0.6 is 34.8 Å². The Bertz CT molecular complexity index is 989. The van der Waals surface area contributed by atoms with Gasteiger partial charge >= 0.3 is 0 Å². The first kappa shape index (κ1) is 16.5. The van der Waals surface area contributed by atoms with E-state index in [9.17, 15) is 4.79 Å². The number of carbonyl (C=O) groups excluding carboxylic acids is 1. The number of rotatable bonds is 3. The maximum absolute atomic E-state index is 12.7. The maximum atomic E-state index is 12.7. The Morgan fingerprint density at radius 1 is 1.04 bits per heavy atom. The third kappa shape index (κ3) is 3.02. The second-order valence-corrected chi connectivity index (χ2v) is 6.10. The second kappa shape index (κ2) is 6.66. The molecule has 0 aliphatic heterocycles. The molecule has 3 rings (SSSR count). The average Bonchev–Trinajstić information content (AvgIpc) is 3.06. The first-order chi connectivity index (χ1) is 11.5. The van der Waals surface area contributed by atoms with E-state index < -0.39 is 0 Å². The van der Waals surface area contributed by atoms with Crippen LogP contribution in [0.15, 0.2) is 48.9 Å². The lowest BCUT2D eigenvalue weighted by Crippen LogP contribution is -2.08. The molecule has 0 aliphatic rings. The van der Waals surface area contributed by atoms with Gasteiger partial charge in [0.15, 0.2) is 0 Å². The fourth-order valence-electron chi connectivity index (χ4n) is 2.20. The summed E-state index contributed by atoms with van der Waals surface area (Å²) in [5.74, 6) is -0.258. The SMILES string of the molecule is N#Cc1ccc(-n2cncc2C(=O)c2ccc(Cl)c(Cl)c2)cc1Cl. The van der Waals surface area contributed by atoms with Crippen LogP contribution in [0.5, 0.6) is 0 Å². The molecule has 0 saturated carbocycles. The number of ketones is 1. The molecule has 0 N–H and O–H groups in total. The number of nitrogens with zero attached hydrogens (tertiary/aromatic N) is 3. The van der Waals surface area contributed by atoms with Gasteiger partial charge in [0.25, 0.3) is 0 Å². The van der Waals surface area contributed by atoms with E-state index in [1.807, 2.05) is 6.07 Å². The normalized spacial score (nSPS) is 10.4. The summed E-state index contributed by atoms with van der Waals surface area (Å²) in [6.07, 6.45) is 2.96. The van der Waals surface area contributed by atoms with E-state index in [1.165, 1.54) is 18.6 Å². The van der Waals surface area contributed by atoms with Gasteiger partial charge in [0, 0.05) is 11.3 Å². The standard InChI is InChI=1S/C17H8Cl3N3O/c18-13-4-2-10(5-15(13)20)17(24)16-8-22-9-23(16)12-3-1-11(7-21)14(19)6-12/h1-6,8-9H. The minimum atomic E-state index is -0.258. The summed E-state index contributed by atoms with van der Waals surface area (Å²) in [7, 11) is 0. The van der Waals surface area contributed by atoms with Crippen molar-refractivity contribution in [3.63, 3.8) is 0 Å². The number of carbonyl (C=O) groups is 1. The van der Waals surface area contributed by atoms with Gasteiger partial charge in [-0.25, -0.2) is 4.98 Å². The summed E-state index contributed by atoms with van der Waals surface area (Å²) in [6, 6.07) is 11.5. The van der Waals surface area contributed by atoms with Crippen LogP contribution in [0.25, 0.3) is 5.69 Å². The molecule has 2 aromatic carbocycles. The molecule has 118 valence electrons. The van der Waals surface area contributed by atoms with Crippen molar-refractivity contribution in [2.24, 2.45) is 0 Å². The number of hydrogen-bond acceptors (Lipinski definition) is 3. The van der Waals surface area contributed by atoms with E-state index in [1.54, 1.807) is 34.9 Å². The predicted molar refractivity (Wildman–Crippen MR) is 93.2 cm³/mol. The lowest BCUT2D eigenvalue weighted by molar-refractivity contribution is 0.103. The van der Waals surface area contributed by atoms with Crippen molar-refractivity contribution in [2.45, 2.75) is 0 Å². The van der Waals surface area contributed by atoms with E-state index >= 15 is 0 Å². The highest BCUT2D eigenvalue weighted by Crippen LogP contribution is 2.25. The van der Waals surface area contributed by atoms with Crippen molar-refractivity contribution in [1.29, 1.82) is 5.26 Å². The Hall–Kier alpha value is -2.32. The highest BCUT2D eigenvalue weighted by Gasteiger charge is 2.17. The minimum Gasteiger partial charge on any atom is -0.296 e. The summed E-state index contributed by atoms with van der Waals surface area (Å²) in [4.78, 5) is 16.8. The molecule has 1 heterocycles. The summed E-state index contributed by atoms with van der Waals surface area (Å²) in [5.41, 5.74) is 1.72. The third-order valence-corrected chi connectivity index (χ3v) is 4.46. The molecule has 0 bridgehead atoms. The van der Waals surface area contributed by atoms with Gasteiger partial charge in [-0.15, -0.1) is 0 Å². The van der Waals surface area contributed by atoms with Crippen LogP contribution in [-0.4, -0.2) is 15.3 Å². The zero-order chi connectivity index (χ0) is 17.3. The quantitative estimate of drug-likeness (QED) is 0.609. The molecule has 4 nitrogen and oxygen atoms in total. The molecule has 0 atom stereocenters. The summed E-state index contributed by atoms with van der Waals surface area (Å²) >= 11 is 17.9. The van der Waals surface area contributed by atoms with Gasteiger partial charge in [-0.2, -0.15) is 5.26 Å². The Morgan fingerprint density at radius 3 is 2.50 bits per heavy atom. The Labute approximate surface area is 152 Å². The zero-order valence-corrected chi connectivity index (χ0v) is 14.3. The van der Waals surface area contributed by atoms with Crippen molar-refractivity contribution >= 4 is 40.6 Å². The van der Waals surface area contributed by atoms with Crippen molar-refractivity contribution in [1.82, 2.24) is 9.55 Å². The van der Waals surface area contributed by atoms with Gasteiger partial charge in [-0.05, 0) is 36.4 Å². The number of nitriles is 1. The Kier molecular flexibility index (Phi) is 4.59. The van der Waals surface area contributed by atoms with Gasteiger partial charge in [0.05, 0.1) is 33.2 Å². The highest BCUT2D eigenvalue weighted by atomic mass is 35.5. The van der Waals surface area contributed by atoms with Crippen LogP contribution in [0.4, 0.5) is 0 Å². The maximum Gasteiger partial charge on any atom is 0.211 e. The topological polar surface area (TPSA) is 58.7 Å². The molecule has 3 aromatic rings. The third-order valence-electron chi connectivity index (χ3n) is 3.40. The average molecular weight is 377 g/mol. The second-order valence-electron chi connectivity index (χ2n) is 4.88. The molecule has 1 aromatic heterocycles. The minimum absolute atomic E-state index is 0.258. The van der Waals surface area contributed by atoms with Crippen molar-refractivity contribution in [3.05, 3.63) is 80.8 Å². The van der Waals surface area contributed by atoms with Gasteiger partial charge in [-0.1, -0.05) is 34.8 Å². The predicted octanol–water partition coefficient (Wildman–Crippen LogP) is 4.94. The van der Waals surface area contributed by atoms with E-state index in [2.05, 4.69) is 4.98 Å². The molecule has 0 unspecified atom stereocenters. The Morgan fingerprint density at radius 2 is 1.83 bits per heavy atom. The number of benzene rings is 2. The number of imidazole rings is 1. The van der Waals surface area contributed by atoms with E-state index in [4.69, 9.17) is 40.1 Å². The van der Waals surface area contributed by atoms with Gasteiger partial charge in [-0.3, -0.25) is 9.36 Å². The molecule has 0 spiro atoms. The van der Waals surface area contributed by atoms with Crippen LogP contribution in [0.2, 0.25) is 15.1 Å². The van der Waals surface area contributed by atoms with Gasteiger partial charge < -0.3 is 0 Å². The molecule has 24 heavy (non-hydrogen) atoms. The van der Waals surface area contributed by atoms with E-state index in [0.29, 0.717) is 37.6 Å². The summed E-state index contributed by atoms with van der Waals surface area (Å²) in [5, 5.41) is 9.93. The molecule has 0 aliphatic carbocycles. The van der Waals surface area contributed by atoms with Crippen LogP contribution < -0.4 is 0 Å². The molecule has 7 heteroatoms. The molecule has 0 radical (unpaired) electrons. The van der Waals surface area contributed by atoms with Crippen LogP contribution in [0, 0.1) is 11.3 Å². The first-order valence-electron chi connectivity index (χ1n) is 6.73. The summed E-state index contributed by atoms with van der Waals surface area (Å²) in [6.45, 7) is 0. The highest BCUT2D eigenvalue weighted by molar-refractivity contribution is 6.42. The summed E-state index contributed by atoms with van der Waals surface area (Å²) < 4.78 is 1.60. The van der Waals surface area contributed by atoms with Crippen molar-refractivity contribution < 1.29 is 4.79 Å². The largest absolute Gasteiger partial charge is 0.296 e. The lowest BCUT2D eigenvalue weighted by Gasteiger charge is -2.09. The monoisotopic (exact) mass is 375 g/mol. The fourth-order valence-corrected chi connectivity index (χ4v) is 2.71. The van der Waals surface area contributed by atoms with Crippen LogP contribution in [0.3, 0.4) is 0 Å². The zero-order valence-electron chi connectivity index (χ0n) is 12.0. The van der Waals surface area contributed by atoms with Crippen molar-refractivity contribution in [3.8, 4) is 11.8 Å². The molecule has 0 amide bonds. The van der Waals surface area contributed by atoms with Gasteiger partial charge in [0.2, 0.25) is 5.78 Å². The fraction of sp³-hybridized carbons (Fsp3) is 0.